The van der Waals surface area contributed by atoms with Crippen LogP contribution >= 0.6 is 0 Å². The van der Waals surface area contributed by atoms with Crippen LogP contribution in [0.15, 0.2) is 42.9 Å². The third-order valence-electron chi connectivity index (χ3n) is 4.07. The van der Waals surface area contributed by atoms with Crippen LogP contribution < -0.4 is 4.74 Å². The van der Waals surface area contributed by atoms with Gasteiger partial charge in [-0.15, -0.1) is 0 Å². The minimum Gasteiger partial charge on any atom is -0.481 e. The van der Waals surface area contributed by atoms with Gasteiger partial charge in [-0.25, -0.2) is 28.2 Å². The van der Waals surface area contributed by atoms with E-state index in [0.717, 1.165) is 0 Å². The number of imidazole rings is 2. The number of hydrogen-bond acceptors (Lipinski definition) is 6. The van der Waals surface area contributed by atoms with Crippen molar-refractivity contribution in [1.29, 1.82) is 5.26 Å². The standard InChI is InChI=1S/C18H13F2N7O/c1-28-16-4-2-3-12(24-16)17-18(26(10-23-17)9-14(19)20)13-5-6-15-22-8-11(7-21)27(15)25-13/h2-6,8,10,14H,9H2,1H3. The summed E-state index contributed by atoms with van der Waals surface area (Å²) in [6.07, 6.45) is 0.140. The van der Waals surface area contributed by atoms with E-state index in [1.165, 1.54) is 28.7 Å². The Morgan fingerprint density at radius 1 is 1.18 bits per heavy atom. The average molecular weight is 381 g/mol. The number of alkyl halides is 2. The van der Waals surface area contributed by atoms with Crippen molar-refractivity contribution in [2.24, 2.45) is 0 Å². The molecule has 140 valence electrons. The molecule has 0 spiro atoms. The van der Waals surface area contributed by atoms with Gasteiger partial charge in [0.1, 0.15) is 17.5 Å². The van der Waals surface area contributed by atoms with E-state index in [2.05, 4.69) is 20.1 Å². The predicted molar refractivity (Wildman–Crippen MR) is 94.7 cm³/mol. The first-order chi connectivity index (χ1) is 13.6. The summed E-state index contributed by atoms with van der Waals surface area (Å²) in [5.41, 5.74) is 2.26. The third-order valence-corrected chi connectivity index (χ3v) is 4.07. The fourth-order valence-electron chi connectivity index (χ4n) is 2.86. The van der Waals surface area contributed by atoms with Gasteiger partial charge in [0.2, 0.25) is 5.88 Å². The summed E-state index contributed by atoms with van der Waals surface area (Å²) in [6, 6.07) is 10.4. The van der Waals surface area contributed by atoms with Gasteiger partial charge in [-0.1, -0.05) is 6.07 Å². The molecule has 0 aliphatic carbocycles. The molecule has 0 bridgehead atoms. The Morgan fingerprint density at radius 2 is 2.04 bits per heavy atom. The largest absolute Gasteiger partial charge is 0.481 e. The molecule has 8 nitrogen and oxygen atoms in total. The van der Waals surface area contributed by atoms with E-state index in [1.54, 1.807) is 30.3 Å². The predicted octanol–water partition coefficient (Wildman–Crippen LogP) is 2.80. The lowest BCUT2D eigenvalue weighted by Gasteiger charge is -2.10. The van der Waals surface area contributed by atoms with Gasteiger partial charge in [-0.3, -0.25) is 0 Å². The molecule has 0 atom stereocenters. The van der Waals surface area contributed by atoms with Gasteiger partial charge in [0.25, 0.3) is 6.43 Å². The minimum atomic E-state index is -2.58. The molecule has 4 rings (SSSR count). The van der Waals surface area contributed by atoms with Crippen LogP contribution in [0.1, 0.15) is 5.69 Å². The number of nitriles is 1. The van der Waals surface area contributed by atoms with Crippen molar-refractivity contribution in [2.75, 3.05) is 7.11 Å². The molecule has 0 aliphatic heterocycles. The van der Waals surface area contributed by atoms with Crippen LogP contribution in [0, 0.1) is 11.3 Å². The monoisotopic (exact) mass is 381 g/mol. The zero-order chi connectivity index (χ0) is 19.7. The minimum absolute atomic E-state index is 0.234. The van der Waals surface area contributed by atoms with Crippen LogP contribution in [0.5, 0.6) is 5.88 Å². The van der Waals surface area contributed by atoms with Crippen molar-refractivity contribution in [1.82, 2.24) is 29.1 Å². The number of halogens is 2. The molecule has 28 heavy (non-hydrogen) atoms. The topological polar surface area (TPSA) is 93.9 Å². The van der Waals surface area contributed by atoms with Crippen molar-refractivity contribution in [2.45, 2.75) is 13.0 Å². The number of aromatic nitrogens is 6. The summed E-state index contributed by atoms with van der Waals surface area (Å²) in [5.74, 6) is 0.372. The van der Waals surface area contributed by atoms with Gasteiger partial charge < -0.3 is 9.30 Å². The van der Waals surface area contributed by atoms with Crippen molar-refractivity contribution >= 4 is 5.65 Å². The Hall–Kier alpha value is -3.87. The summed E-state index contributed by atoms with van der Waals surface area (Å²) in [5, 5.41) is 13.6. The number of ether oxygens (including phenoxy) is 1. The molecule has 0 fully saturated rings. The molecule has 0 N–H and O–H groups in total. The quantitative estimate of drug-likeness (QED) is 0.528. The molecule has 10 heteroatoms. The van der Waals surface area contributed by atoms with Gasteiger partial charge in [0.15, 0.2) is 11.3 Å². The summed E-state index contributed by atoms with van der Waals surface area (Å²) in [6.45, 7) is -0.555. The van der Waals surface area contributed by atoms with E-state index < -0.39 is 13.0 Å². The van der Waals surface area contributed by atoms with Crippen LogP contribution in [0.3, 0.4) is 0 Å². The average Bonchev–Trinajstić information content (AvgIpc) is 3.30. The molecule has 0 saturated carbocycles. The molecule has 0 saturated heterocycles. The van der Waals surface area contributed by atoms with Crippen LogP contribution in [0.2, 0.25) is 0 Å². The lowest BCUT2D eigenvalue weighted by molar-refractivity contribution is 0.127. The van der Waals surface area contributed by atoms with Crippen molar-refractivity contribution in [3.63, 3.8) is 0 Å². The summed E-state index contributed by atoms with van der Waals surface area (Å²) >= 11 is 0. The number of methoxy groups -OCH3 is 1. The second kappa shape index (κ2) is 7.03. The SMILES string of the molecule is COc1cccc(-c2ncn(CC(F)F)c2-c2ccc3ncc(C#N)n3n2)n1. The highest BCUT2D eigenvalue weighted by Gasteiger charge is 2.20. The second-order valence-corrected chi connectivity index (χ2v) is 5.79. The van der Waals surface area contributed by atoms with Crippen LogP contribution in [-0.2, 0) is 6.54 Å². The van der Waals surface area contributed by atoms with Crippen molar-refractivity contribution in [3.05, 3.63) is 48.5 Å². The van der Waals surface area contributed by atoms with Gasteiger partial charge in [0.05, 0.1) is 37.6 Å². The van der Waals surface area contributed by atoms with Crippen molar-refractivity contribution < 1.29 is 13.5 Å². The molecule has 0 unspecified atom stereocenters. The fraction of sp³-hybridized carbons (Fsp3) is 0.167. The molecule has 4 aromatic rings. The molecular weight excluding hydrogens is 368 g/mol. The normalized spacial score (nSPS) is 11.1. The van der Waals surface area contributed by atoms with E-state index in [1.807, 2.05) is 6.07 Å². The molecule has 0 amide bonds. The summed E-state index contributed by atoms with van der Waals surface area (Å²) < 4.78 is 34.0. The number of rotatable bonds is 5. The highest BCUT2D eigenvalue weighted by atomic mass is 19.3. The third kappa shape index (κ3) is 3.03. The van der Waals surface area contributed by atoms with E-state index >= 15 is 0 Å². The molecule has 4 heterocycles. The van der Waals surface area contributed by atoms with Crippen LogP contribution in [0.4, 0.5) is 8.78 Å². The first-order valence-electron chi connectivity index (χ1n) is 8.20. The molecule has 0 aliphatic rings. The number of fused-ring (bicyclic) bond motifs is 1. The Morgan fingerprint density at radius 3 is 2.79 bits per heavy atom. The first kappa shape index (κ1) is 17.5. The fourth-order valence-corrected chi connectivity index (χ4v) is 2.86. The molecule has 4 aromatic heterocycles. The maximum Gasteiger partial charge on any atom is 0.256 e. The van der Waals surface area contributed by atoms with Crippen LogP contribution in [0.25, 0.3) is 28.4 Å². The Bertz CT molecular complexity index is 1190. The molecular formula is C18H13F2N7O. The first-order valence-corrected chi connectivity index (χ1v) is 8.20. The van der Waals surface area contributed by atoms with E-state index in [0.29, 0.717) is 34.3 Å². The summed E-state index contributed by atoms with van der Waals surface area (Å²) in [7, 11) is 1.49. The van der Waals surface area contributed by atoms with E-state index in [4.69, 9.17) is 4.74 Å². The van der Waals surface area contributed by atoms with E-state index in [-0.39, 0.29) is 5.69 Å². The van der Waals surface area contributed by atoms with Crippen molar-refractivity contribution in [3.8, 4) is 34.7 Å². The lowest BCUT2D eigenvalue weighted by Crippen LogP contribution is -2.08. The number of pyridine rings is 1. The molecule has 0 aromatic carbocycles. The zero-order valence-corrected chi connectivity index (χ0v) is 14.6. The Labute approximate surface area is 157 Å². The zero-order valence-electron chi connectivity index (χ0n) is 14.6. The lowest BCUT2D eigenvalue weighted by atomic mass is 10.1. The Balaban J connectivity index is 1.93. The van der Waals surface area contributed by atoms with Crippen LogP contribution in [-0.4, -0.2) is 42.7 Å². The second-order valence-electron chi connectivity index (χ2n) is 5.79. The maximum atomic E-state index is 13.1. The Kier molecular flexibility index (Phi) is 4.41. The van der Waals surface area contributed by atoms with Gasteiger partial charge >= 0.3 is 0 Å². The highest BCUT2D eigenvalue weighted by molar-refractivity contribution is 5.75. The van der Waals surface area contributed by atoms with Gasteiger partial charge in [-0.2, -0.15) is 10.4 Å². The maximum absolute atomic E-state index is 13.1. The van der Waals surface area contributed by atoms with E-state index in [9.17, 15) is 14.0 Å². The van der Waals surface area contributed by atoms with Gasteiger partial charge in [-0.05, 0) is 18.2 Å². The number of nitrogens with zero attached hydrogens (tertiary/aromatic N) is 7. The highest BCUT2D eigenvalue weighted by Crippen LogP contribution is 2.30. The van der Waals surface area contributed by atoms with Gasteiger partial charge in [0, 0.05) is 6.07 Å². The number of hydrogen-bond donors (Lipinski definition) is 0. The molecule has 0 radical (unpaired) electrons. The summed E-state index contributed by atoms with van der Waals surface area (Å²) in [4.78, 5) is 12.7. The smallest absolute Gasteiger partial charge is 0.256 e.